The third-order valence-corrected chi connectivity index (χ3v) is 2.11. The van der Waals surface area contributed by atoms with Gasteiger partial charge in [-0.3, -0.25) is 4.79 Å². The molecule has 0 aromatic rings. The molecule has 0 rings (SSSR count). The van der Waals surface area contributed by atoms with Crippen molar-refractivity contribution < 1.29 is 18.0 Å². The molecule has 16 heavy (non-hydrogen) atoms. The van der Waals surface area contributed by atoms with E-state index >= 15 is 0 Å². The number of carbonyl (C=O) groups is 1. The molecule has 0 fully saturated rings. The number of hydrogen-bond donors (Lipinski definition) is 1. The Kier molecular flexibility index (Phi) is 5.78. The van der Waals surface area contributed by atoms with Gasteiger partial charge in [0.15, 0.2) is 0 Å². The van der Waals surface area contributed by atoms with Gasteiger partial charge in [-0.05, 0) is 27.2 Å². The lowest BCUT2D eigenvalue weighted by atomic mass is 10.1. The van der Waals surface area contributed by atoms with Gasteiger partial charge in [-0.25, -0.2) is 0 Å². The minimum Gasteiger partial charge on any atom is -0.331 e. The smallest absolute Gasteiger partial charge is 0.331 e. The summed E-state index contributed by atoms with van der Waals surface area (Å²) in [4.78, 5) is 12.4. The van der Waals surface area contributed by atoms with E-state index in [4.69, 9.17) is 5.73 Å². The van der Waals surface area contributed by atoms with Gasteiger partial charge in [-0.2, -0.15) is 13.2 Å². The van der Waals surface area contributed by atoms with Crippen molar-refractivity contribution in [2.75, 3.05) is 6.54 Å². The number of hydrogen-bond acceptors (Lipinski definition) is 2. The molecule has 2 N–H and O–H groups in total. The van der Waals surface area contributed by atoms with Gasteiger partial charge in [0, 0.05) is 18.5 Å². The van der Waals surface area contributed by atoms with Crippen molar-refractivity contribution in [3.8, 4) is 0 Å². The lowest BCUT2D eigenvalue weighted by molar-refractivity contribution is -0.164. The third-order valence-electron chi connectivity index (χ3n) is 2.11. The molecule has 0 aromatic carbocycles. The highest BCUT2D eigenvalue weighted by atomic mass is 19.4. The number of rotatable bonds is 5. The Bertz CT molecular complexity index is 227. The van der Waals surface area contributed by atoms with Crippen LogP contribution in [0.4, 0.5) is 13.2 Å². The quantitative estimate of drug-likeness (QED) is 0.798. The molecule has 0 radical (unpaired) electrons. The van der Waals surface area contributed by atoms with Crippen LogP contribution in [0.1, 0.15) is 33.6 Å². The molecule has 0 saturated heterocycles. The molecule has 1 amide bonds. The van der Waals surface area contributed by atoms with E-state index in [2.05, 4.69) is 0 Å². The summed E-state index contributed by atoms with van der Waals surface area (Å²) in [6, 6.07) is -0.633. The summed E-state index contributed by atoms with van der Waals surface area (Å²) in [6.45, 7) is 3.66. The molecule has 96 valence electrons. The number of amides is 1. The normalized spacial score (nSPS) is 14.0. The molecule has 0 aliphatic rings. The zero-order valence-electron chi connectivity index (χ0n) is 9.84. The van der Waals surface area contributed by atoms with Crippen LogP contribution in [0, 0.1) is 0 Å². The standard InChI is InChI=1S/C10H19F3N2O/c1-7(2)15(6-10(11,12)13)9(16)5-4-8(3)14/h7-8H,4-6,14H2,1-3H3. The summed E-state index contributed by atoms with van der Waals surface area (Å²) >= 11 is 0. The van der Waals surface area contributed by atoms with Crippen LogP contribution in [0.5, 0.6) is 0 Å². The van der Waals surface area contributed by atoms with Gasteiger partial charge in [0.2, 0.25) is 5.91 Å². The lowest BCUT2D eigenvalue weighted by Crippen LogP contribution is -2.43. The van der Waals surface area contributed by atoms with Crippen molar-refractivity contribution in [2.24, 2.45) is 5.73 Å². The highest BCUT2D eigenvalue weighted by Crippen LogP contribution is 2.19. The van der Waals surface area contributed by atoms with Crippen molar-refractivity contribution in [2.45, 2.75) is 51.9 Å². The molecule has 0 heterocycles. The molecular formula is C10H19F3N2O. The highest BCUT2D eigenvalue weighted by molar-refractivity contribution is 5.76. The van der Waals surface area contributed by atoms with E-state index in [1.165, 1.54) is 0 Å². The Morgan fingerprint density at radius 1 is 1.31 bits per heavy atom. The van der Waals surface area contributed by atoms with Gasteiger partial charge in [0.25, 0.3) is 0 Å². The van der Waals surface area contributed by atoms with E-state index in [1.54, 1.807) is 20.8 Å². The second kappa shape index (κ2) is 6.08. The van der Waals surface area contributed by atoms with Crippen molar-refractivity contribution in [1.29, 1.82) is 0 Å². The van der Waals surface area contributed by atoms with Crippen molar-refractivity contribution >= 4 is 5.91 Å². The summed E-state index contributed by atoms with van der Waals surface area (Å²) in [5, 5.41) is 0. The second-order valence-corrected chi connectivity index (χ2v) is 4.25. The molecule has 1 unspecified atom stereocenters. The number of alkyl halides is 3. The van der Waals surface area contributed by atoms with Gasteiger partial charge in [-0.1, -0.05) is 0 Å². The predicted molar refractivity (Wildman–Crippen MR) is 55.8 cm³/mol. The number of halogens is 3. The molecule has 0 saturated carbocycles. The van der Waals surface area contributed by atoms with Gasteiger partial charge in [0.05, 0.1) is 0 Å². The van der Waals surface area contributed by atoms with E-state index < -0.39 is 24.7 Å². The fraction of sp³-hybridized carbons (Fsp3) is 0.900. The average Bonchev–Trinajstić information content (AvgIpc) is 2.08. The summed E-state index contributed by atoms with van der Waals surface area (Å²) in [7, 11) is 0. The zero-order chi connectivity index (χ0) is 12.9. The van der Waals surface area contributed by atoms with Gasteiger partial charge < -0.3 is 10.6 Å². The summed E-state index contributed by atoms with van der Waals surface area (Å²) in [5.41, 5.74) is 5.45. The first-order valence-electron chi connectivity index (χ1n) is 5.25. The minimum atomic E-state index is -4.35. The van der Waals surface area contributed by atoms with Crippen LogP contribution in [0.3, 0.4) is 0 Å². The largest absolute Gasteiger partial charge is 0.406 e. The van der Waals surface area contributed by atoms with Crippen LogP contribution in [-0.4, -0.2) is 35.6 Å². The van der Waals surface area contributed by atoms with Crippen LogP contribution < -0.4 is 5.73 Å². The Balaban J connectivity index is 4.37. The van der Waals surface area contributed by atoms with Crippen molar-refractivity contribution in [1.82, 2.24) is 4.90 Å². The van der Waals surface area contributed by atoms with Gasteiger partial charge in [0.1, 0.15) is 6.54 Å². The maximum atomic E-state index is 12.2. The first-order chi connectivity index (χ1) is 7.13. The van der Waals surface area contributed by atoms with Crippen molar-refractivity contribution in [3.63, 3.8) is 0 Å². The maximum absolute atomic E-state index is 12.2. The SMILES string of the molecule is CC(N)CCC(=O)N(CC(F)(F)F)C(C)C. The molecule has 3 nitrogen and oxygen atoms in total. The molecule has 6 heteroatoms. The Morgan fingerprint density at radius 2 is 1.81 bits per heavy atom. The first kappa shape index (κ1) is 15.2. The Labute approximate surface area is 93.8 Å². The number of nitrogens with two attached hydrogens (primary N) is 1. The third kappa shape index (κ3) is 6.66. The Morgan fingerprint density at radius 3 is 2.12 bits per heavy atom. The fourth-order valence-electron chi connectivity index (χ4n) is 1.25. The van der Waals surface area contributed by atoms with E-state index in [1.807, 2.05) is 0 Å². The predicted octanol–water partition coefficient (Wildman–Crippen LogP) is 1.91. The van der Waals surface area contributed by atoms with E-state index in [9.17, 15) is 18.0 Å². The van der Waals surface area contributed by atoms with E-state index in [0.29, 0.717) is 6.42 Å². The topological polar surface area (TPSA) is 46.3 Å². The first-order valence-corrected chi connectivity index (χ1v) is 5.25. The molecule has 0 spiro atoms. The number of nitrogens with zero attached hydrogens (tertiary/aromatic N) is 1. The molecule has 0 aliphatic heterocycles. The van der Waals surface area contributed by atoms with Gasteiger partial charge in [-0.15, -0.1) is 0 Å². The van der Waals surface area contributed by atoms with Crippen LogP contribution >= 0.6 is 0 Å². The zero-order valence-corrected chi connectivity index (χ0v) is 9.84. The van der Waals surface area contributed by atoms with Crippen LogP contribution in [0.15, 0.2) is 0 Å². The van der Waals surface area contributed by atoms with E-state index in [-0.39, 0.29) is 12.5 Å². The molecule has 0 aliphatic carbocycles. The minimum absolute atomic E-state index is 0.0614. The molecule has 1 atom stereocenters. The lowest BCUT2D eigenvalue weighted by Gasteiger charge is -2.28. The van der Waals surface area contributed by atoms with Crippen LogP contribution in [-0.2, 0) is 4.79 Å². The van der Waals surface area contributed by atoms with E-state index in [0.717, 1.165) is 4.90 Å². The van der Waals surface area contributed by atoms with Crippen LogP contribution in [0.25, 0.3) is 0 Å². The van der Waals surface area contributed by atoms with Gasteiger partial charge >= 0.3 is 6.18 Å². The molecular weight excluding hydrogens is 221 g/mol. The number of carbonyl (C=O) groups excluding carboxylic acids is 1. The summed E-state index contributed by atoms with van der Waals surface area (Å²) in [6.07, 6.45) is -3.89. The average molecular weight is 240 g/mol. The summed E-state index contributed by atoms with van der Waals surface area (Å²) < 4.78 is 36.6. The molecule has 0 bridgehead atoms. The molecule has 0 aromatic heterocycles. The monoisotopic (exact) mass is 240 g/mol. The van der Waals surface area contributed by atoms with Crippen molar-refractivity contribution in [3.05, 3.63) is 0 Å². The maximum Gasteiger partial charge on any atom is 0.406 e. The van der Waals surface area contributed by atoms with Crippen LogP contribution in [0.2, 0.25) is 0 Å². The highest BCUT2D eigenvalue weighted by Gasteiger charge is 2.33. The Hall–Kier alpha value is -0.780. The summed E-state index contributed by atoms with van der Waals surface area (Å²) in [5.74, 6) is -0.496. The fourth-order valence-corrected chi connectivity index (χ4v) is 1.25. The second-order valence-electron chi connectivity index (χ2n) is 4.25.